The van der Waals surface area contributed by atoms with E-state index >= 15 is 0 Å². The van der Waals surface area contributed by atoms with Crippen molar-refractivity contribution in [3.05, 3.63) is 34.6 Å². The fourth-order valence-corrected chi connectivity index (χ4v) is 3.02. The van der Waals surface area contributed by atoms with E-state index in [1.807, 2.05) is 17.8 Å². The van der Waals surface area contributed by atoms with Crippen LogP contribution in [0.2, 0.25) is 5.02 Å². The van der Waals surface area contributed by atoms with Crippen LogP contribution in [-0.4, -0.2) is 11.5 Å². The summed E-state index contributed by atoms with van der Waals surface area (Å²) < 4.78 is 13.4. The first-order valence-corrected chi connectivity index (χ1v) is 7.24. The van der Waals surface area contributed by atoms with Crippen LogP contribution in [0.1, 0.15) is 38.2 Å². The van der Waals surface area contributed by atoms with Crippen LogP contribution in [-0.2, 0) is 0 Å². The molecule has 0 nitrogen and oxygen atoms in total. The van der Waals surface area contributed by atoms with Gasteiger partial charge in [0, 0.05) is 5.25 Å². The molecule has 1 aromatic rings. The fraction of sp³-hybridized carbons (Fsp3) is 0.538. The SMILES string of the molecule is CCCC(SC)C(C)c1ccc(Cl)c(F)c1. The Labute approximate surface area is 107 Å². The third-order valence-electron chi connectivity index (χ3n) is 2.90. The van der Waals surface area contributed by atoms with Crippen molar-refractivity contribution in [2.45, 2.75) is 37.9 Å². The molecule has 0 fully saturated rings. The monoisotopic (exact) mass is 260 g/mol. The third-order valence-corrected chi connectivity index (χ3v) is 4.46. The Morgan fingerprint density at radius 2 is 2.12 bits per heavy atom. The maximum Gasteiger partial charge on any atom is 0.142 e. The molecule has 0 saturated heterocycles. The van der Waals surface area contributed by atoms with E-state index in [-0.39, 0.29) is 10.8 Å². The van der Waals surface area contributed by atoms with Gasteiger partial charge in [-0.1, -0.05) is 37.9 Å². The van der Waals surface area contributed by atoms with Crippen LogP contribution >= 0.6 is 23.4 Å². The fourth-order valence-electron chi connectivity index (χ4n) is 1.87. The minimum Gasteiger partial charge on any atom is -0.205 e. The van der Waals surface area contributed by atoms with Gasteiger partial charge in [0.05, 0.1) is 5.02 Å². The van der Waals surface area contributed by atoms with Crippen molar-refractivity contribution < 1.29 is 4.39 Å². The number of hydrogen-bond donors (Lipinski definition) is 0. The lowest BCUT2D eigenvalue weighted by molar-refractivity contribution is 0.610. The smallest absolute Gasteiger partial charge is 0.142 e. The lowest BCUT2D eigenvalue weighted by atomic mass is 9.95. The normalized spacial score (nSPS) is 14.8. The standard InChI is InChI=1S/C13H18ClFS/c1-4-5-13(16-3)9(2)10-6-7-11(14)12(15)8-10/h6-9,13H,4-5H2,1-3H3. The summed E-state index contributed by atoms with van der Waals surface area (Å²) in [6.07, 6.45) is 4.43. The summed E-state index contributed by atoms with van der Waals surface area (Å²) in [5.41, 5.74) is 1.04. The molecule has 0 N–H and O–H groups in total. The molecule has 1 rings (SSSR count). The van der Waals surface area contributed by atoms with Gasteiger partial charge in [0.15, 0.2) is 0 Å². The van der Waals surface area contributed by atoms with Gasteiger partial charge in [-0.15, -0.1) is 0 Å². The molecule has 0 aliphatic carbocycles. The molecule has 0 heterocycles. The Morgan fingerprint density at radius 1 is 1.44 bits per heavy atom. The van der Waals surface area contributed by atoms with Crippen molar-refractivity contribution in [3.63, 3.8) is 0 Å². The van der Waals surface area contributed by atoms with Gasteiger partial charge in [-0.2, -0.15) is 11.8 Å². The van der Waals surface area contributed by atoms with Gasteiger partial charge in [-0.25, -0.2) is 4.39 Å². The van der Waals surface area contributed by atoms with Crippen LogP contribution in [0.15, 0.2) is 18.2 Å². The predicted molar refractivity (Wildman–Crippen MR) is 72.0 cm³/mol. The van der Waals surface area contributed by atoms with Crippen LogP contribution in [0.25, 0.3) is 0 Å². The van der Waals surface area contributed by atoms with E-state index in [2.05, 4.69) is 20.1 Å². The average molecular weight is 261 g/mol. The first-order chi connectivity index (χ1) is 7.60. The second-order valence-corrected chi connectivity index (χ2v) is 5.51. The molecule has 0 amide bonds. The molecular weight excluding hydrogens is 243 g/mol. The molecule has 0 spiro atoms. The van der Waals surface area contributed by atoms with Crippen molar-refractivity contribution in [2.24, 2.45) is 0 Å². The Bertz CT molecular complexity index is 341. The van der Waals surface area contributed by atoms with Crippen molar-refractivity contribution in [1.29, 1.82) is 0 Å². The van der Waals surface area contributed by atoms with Gasteiger partial charge < -0.3 is 0 Å². The molecule has 2 unspecified atom stereocenters. The molecule has 0 radical (unpaired) electrons. The van der Waals surface area contributed by atoms with E-state index in [4.69, 9.17) is 11.6 Å². The molecular formula is C13H18ClFS. The minimum atomic E-state index is -0.317. The number of halogens is 2. The zero-order valence-electron chi connectivity index (χ0n) is 9.97. The summed E-state index contributed by atoms with van der Waals surface area (Å²) >= 11 is 7.53. The number of benzene rings is 1. The van der Waals surface area contributed by atoms with E-state index in [0.717, 1.165) is 18.4 Å². The van der Waals surface area contributed by atoms with Crippen LogP contribution in [0.4, 0.5) is 4.39 Å². The largest absolute Gasteiger partial charge is 0.205 e. The molecule has 3 heteroatoms. The molecule has 1 aromatic carbocycles. The maximum atomic E-state index is 13.4. The van der Waals surface area contributed by atoms with Crippen molar-refractivity contribution >= 4 is 23.4 Å². The van der Waals surface area contributed by atoms with E-state index in [0.29, 0.717) is 11.2 Å². The zero-order valence-corrected chi connectivity index (χ0v) is 11.5. The van der Waals surface area contributed by atoms with E-state index in [9.17, 15) is 4.39 Å². The van der Waals surface area contributed by atoms with E-state index in [1.165, 1.54) is 0 Å². The highest BCUT2D eigenvalue weighted by molar-refractivity contribution is 7.99. The quantitative estimate of drug-likeness (QED) is 0.709. The Kier molecular flexibility index (Phi) is 5.63. The summed E-state index contributed by atoms with van der Waals surface area (Å²) in [5, 5.41) is 0.748. The summed E-state index contributed by atoms with van der Waals surface area (Å²) in [5.74, 6) is 0.0454. The number of hydrogen-bond acceptors (Lipinski definition) is 1. The lowest BCUT2D eigenvalue weighted by Gasteiger charge is -2.22. The van der Waals surface area contributed by atoms with Crippen LogP contribution in [0, 0.1) is 5.82 Å². The second-order valence-electron chi connectivity index (χ2n) is 4.03. The van der Waals surface area contributed by atoms with Gasteiger partial charge in [0.2, 0.25) is 0 Å². The number of rotatable bonds is 5. The molecule has 0 aliphatic rings. The molecule has 0 aromatic heterocycles. The van der Waals surface area contributed by atoms with Crippen LogP contribution in [0.5, 0.6) is 0 Å². The highest BCUT2D eigenvalue weighted by Crippen LogP contribution is 2.31. The van der Waals surface area contributed by atoms with Crippen molar-refractivity contribution in [2.75, 3.05) is 6.26 Å². The van der Waals surface area contributed by atoms with Crippen molar-refractivity contribution in [3.8, 4) is 0 Å². The lowest BCUT2D eigenvalue weighted by Crippen LogP contribution is -2.12. The first-order valence-electron chi connectivity index (χ1n) is 5.57. The summed E-state index contributed by atoms with van der Waals surface area (Å²) in [7, 11) is 0. The Balaban J connectivity index is 2.85. The van der Waals surface area contributed by atoms with Gasteiger partial charge in [0.1, 0.15) is 5.82 Å². The Hall–Kier alpha value is -0.210. The zero-order chi connectivity index (χ0) is 12.1. The average Bonchev–Trinajstić information content (AvgIpc) is 2.28. The summed E-state index contributed by atoms with van der Waals surface area (Å²) in [6.45, 7) is 4.33. The highest BCUT2D eigenvalue weighted by Gasteiger charge is 2.18. The van der Waals surface area contributed by atoms with E-state index < -0.39 is 0 Å². The molecule has 90 valence electrons. The number of thioether (sulfide) groups is 1. The third kappa shape index (κ3) is 3.39. The molecule has 16 heavy (non-hydrogen) atoms. The van der Waals surface area contributed by atoms with Gasteiger partial charge in [-0.3, -0.25) is 0 Å². The van der Waals surface area contributed by atoms with E-state index in [1.54, 1.807) is 12.1 Å². The summed E-state index contributed by atoms with van der Waals surface area (Å²) in [4.78, 5) is 0. The molecule has 0 aliphatic heterocycles. The summed E-state index contributed by atoms with van der Waals surface area (Å²) in [6, 6.07) is 5.13. The van der Waals surface area contributed by atoms with Crippen LogP contribution < -0.4 is 0 Å². The van der Waals surface area contributed by atoms with Gasteiger partial charge in [-0.05, 0) is 36.3 Å². The molecule has 0 bridgehead atoms. The van der Waals surface area contributed by atoms with Gasteiger partial charge in [0.25, 0.3) is 0 Å². The minimum absolute atomic E-state index is 0.201. The topological polar surface area (TPSA) is 0 Å². The predicted octanol–water partition coefficient (Wildman–Crippen LogP) is 5.11. The highest BCUT2D eigenvalue weighted by atomic mass is 35.5. The second kappa shape index (κ2) is 6.51. The first kappa shape index (κ1) is 13.9. The van der Waals surface area contributed by atoms with Gasteiger partial charge >= 0.3 is 0 Å². The van der Waals surface area contributed by atoms with Crippen molar-refractivity contribution in [1.82, 2.24) is 0 Å². The molecule has 0 saturated carbocycles. The maximum absolute atomic E-state index is 13.4. The van der Waals surface area contributed by atoms with Crippen LogP contribution in [0.3, 0.4) is 0 Å². The molecule has 2 atom stereocenters. The Morgan fingerprint density at radius 3 is 2.62 bits per heavy atom.